The molecule has 0 atom stereocenters. The molecule has 1 aromatic carbocycles. The third-order valence-corrected chi connectivity index (χ3v) is 3.40. The molecule has 0 saturated carbocycles. The number of aromatic amines is 1. The number of H-pyrrole nitrogens is 1. The fraction of sp³-hybridized carbons (Fsp3) is 0. The fourth-order valence-corrected chi connectivity index (χ4v) is 2.30. The Kier molecular flexibility index (Phi) is 2.97. The first-order chi connectivity index (χ1) is 10.9. The minimum Gasteiger partial charge on any atom is -0.346 e. The molecular formula is C16H12N6. The molecule has 22 heavy (non-hydrogen) atoms. The van der Waals surface area contributed by atoms with Crippen molar-refractivity contribution in [2.45, 2.75) is 0 Å². The van der Waals surface area contributed by atoms with E-state index in [9.17, 15) is 0 Å². The second-order valence-corrected chi connectivity index (χ2v) is 4.79. The minimum absolute atomic E-state index is 0.780. The number of hydrogen-bond acceptors (Lipinski definition) is 5. The van der Waals surface area contributed by atoms with Crippen molar-refractivity contribution in [1.29, 1.82) is 0 Å². The van der Waals surface area contributed by atoms with Gasteiger partial charge in [0.1, 0.15) is 24.1 Å². The third kappa shape index (κ3) is 2.26. The monoisotopic (exact) mass is 288 g/mol. The highest BCUT2D eigenvalue weighted by molar-refractivity contribution is 5.88. The molecule has 0 fully saturated rings. The summed E-state index contributed by atoms with van der Waals surface area (Å²) in [6, 6.07) is 10.0. The standard InChI is InChI=1S/C16H12N6/c1-3-13(4-2-11(1)12-7-17-9-18-8-12)22-16-14-5-6-19-15(14)20-10-21-16/h1-10H,(H2,19,20,21,22). The van der Waals surface area contributed by atoms with Gasteiger partial charge in [-0.15, -0.1) is 0 Å². The third-order valence-electron chi connectivity index (χ3n) is 3.40. The van der Waals surface area contributed by atoms with Crippen molar-refractivity contribution in [2.75, 3.05) is 5.32 Å². The summed E-state index contributed by atoms with van der Waals surface area (Å²) in [5.41, 5.74) is 3.84. The first-order valence-electron chi connectivity index (χ1n) is 6.81. The molecule has 0 bridgehead atoms. The molecule has 2 N–H and O–H groups in total. The quantitative estimate of drug-likeness (QED) is 0.605. The van der Waals surface area contributed by atoms with E-state index in [1.807, 2.05) is 36.5 Å². The zero-order valence-corrected chi connectivity index (χ0v) is 11.6. The van der Waals surface area contributed by atoms with E-state index in [1.54, 1.807) is 12.4 Å². The van der Waals surface area contributed by atoms with Gasteiger partial charge in [0.05, 0.1) is 5.39 Å². The van der Waals surface area contributed by atoms with Crippen molar-refractivity contribution in [3.63, 3.8) is 0 Å². The zero-order chi connectivity index (χ0) is 14.8. The van der Waals surface area contributed by atoms with E-state index < -0.39 is 0 Å². The lowest BCUT2D eigenvalue weighted by Gasteiger charge is -2.07. The van der Waals surface area contributed by atoms with Gasteiger partial charge < -0.3 is 10.3 Å². The molecule has 3 heterocycles. The highest BCUT2D eigenvalue weighted by Gasteiger charge is 2.05. The normalized spacial score (nSPS) is 10.7. The Morgan fingerprint density at radius 3 is 2.45 bits per heavy atom. The van der Waals surface area contributed by atoms with Crippen LogP contribution >= 0.6 is 0 Å². The Hall–Kier alpha value is -3.28. The van der Waals surface area contributed by atoms with E-state index in [0.717, 1.165) is 33.7 Å². The van der Waals surface area contributed by atoms with Gasteiger partial charge in [-0.3, -0.25) is 0 Å². The van der Waals surface area contributed by atoms with Crippen LogP contribution in [0.2, 0.25) is 0 Å². The molecule has 0 aliphatic carbocycles. The van der Waals surface area contributed by atoms with Crippen molar-refractivity contribution in [2.24, 2.45) is 0 Å². The topological polar surface area (TPSA) is 79.4 Å². The van der Waals surface area contributed by atoms with Crippen LogP contribution in [0.3, 0.4) is 0 Å². The molecular weight excluding hydrogens is 276 g/mol. The van der Waals surface area contributed by atoms with Gasteiger partial charge in [-0.25, -0.2) is 19.9 Å². The fourth-order valence-electron chi connectivity index (χ4n) is 2.30. The Morgan fingerprint density at radius 1 is 0.818 bits per heavy atom. The van der Waals surface area contributed by atoms with Crippen LogP contribution in [0.15, 0.2) is 61.6 Å². The van der Waals surface area contributed by atoms with E-state index in [1.165, 1.54) is 12.7 Å². The summed E-state index contributed by atoms with van der Waals surface area (Å²) in [5.74, 6) is 0.780. The number of nitrogens with zero attached hydrogens (tertiary/aromatic N) is 4. The molecule has 0 saturated heterocycles. The Morgan fingerprint density at radius 2 is 1.64 bits per heavy atom. The molecule has 6 heteroatoms. The number of aromatic nitrogens is 5. The maximum absolute atomic E-state index is 4.29. The molecule has 0 unspecified atom stereocenters. The molecule has 4 aromatic rings. The molecule has 0 radical (unpaired) electrons. The lowest BCUT2D eigenvalue weighted by atomic mass is 10.1. The second-order valence-electron chi connectivity index (χ2n) is 4.79. The van der Waals surface area contributed by atoms with Gasteiger partial charge in [-0.1, -0.05) is 12.1 Å². The van der Waals surface area contributed by atoms with Gasteiger partial charge in [0.25, 0.3) is 0 Å². The molecule has 3 aromatic heterocycles. The summed E-state index contributed by atoms with van der Waals surface area (Å²) in [6.07, 6.45) is 8.50. The van der Waals surface area contributed by atoms with Gasteiger partial charge in [0.2, 0.25) is 0 Å². The van der Waals surface area contributed by atoms with E-state index in [4.69, 9.17) is 0 Å². The minimum atomic E-state index is 0.780. The SMILES string of the molecule is c1ncc(-c2ccc(Nc3ncnc4[nH]ccc34)cc2)cn1. The average Bonchev–Trinajstić information content (AvgIpc) is 3.06. The molecule has 0 amide bonds. The maximum atomic E-state index is 4.29. The summed E-state index contributed by atoms with van der Waals surface area (Å²) in [7, 11) is 0. The molecule has 0 aliphatic rings. The molecule has 0 spiro atoms. The molecule has 0 aliphatic heterocycles. The lowest BCUT2D eigenvalue weighted by molar-refractivity contribution is 1.17. The summed E-state index contributed by atoms with van der Waals surface area (Å²) in [4.78, 5) is 19.6. The van der Waals surface area contributed by atoms with Crippen molar-refractivity contribution in [3.8, 4) is 11.1 Å². The van der Waals surface area contributed by atoms with Crippen molar-refractivity contribution < 1.29 is 0 Å². The van der Waals surface area contributed by atoms with Crippen LogP contribution in [0.25, 0.3) is 22.2 Å². The molecule has 106 valence electrons. The first kappa shape index (κ1) is 12.5. The van der Waals surface area contributed by atoms with Crippen LogP contribution in [0.5, 0.6) is 0 Å². The van der Waals surface area contributed by atoms with E-state index in [-0.39, 0.29) is 0 Å². The first-order valence-corrected chi connectivity index (χ1v) is 6.81. The molecule has 6 nitrogen and oxygen atoms in total. The van der Waals surface area contributed by atoms with Crippen LogP contribution in [0, 0.1) is 0 Å². The van der Waals surface area contributed by atoms with Crippen molar-refractivity contribution in [1.82, 2.24) is 24.9 Å². The van der Waals surface area contributed by atoms with Gasteiger partial charge in [0.15, 0.2) is 0 Å². The van der Waals surface area contributed by atoms with Gasteiger partial charge in [-0.05, 0) is 23.8 Å². The Bertz CT molecular complexity index is 899. The van der Waals surface area contributed by atoms with Crippen molar-refractivity contribution in [3.05, 3.63) is 61.6 Å². The highest BCUT2D eigenvalue weighted by atomic mass is 15.0. The Labute approximate surface area is 126 Å². The second kappa shape index (κ2) is 5.25. The zero-order valence-electron chi connectivity index (χ0n) is 11.6. The summed E-state index contributed by atoms with van der Waals surface area (Å²) in [6.45, 7) is 0. The van der Waals surface area contributed by atoms with Crippen LogP contribution in [0.4, 0.5) is 11.5 Å². The number of hydrogen-bond donors (Lipinski definition) is 2. The predicted octanol–water partition coefficient (Wildman–Crippen LogP) is 3.16. The predicted molar refractivity (Wildman–Crippen MR) is 84.6 cm³/mol. The maximum Gasteiger partial charge on any atom is 0.143 e. The smallest absolute Gasteiger partial charge is 0.143 e. The summed E-state index contributed by atoms with van der Waals surface area (Å²) >= 11 is 0. The van der Waals surface area contributed by atoms with Crippen LogP contribution < -0.4 is 5.32 Å². The van der Waals surface area contributed by atoms with E-state index >= 15 is 0 Å². The van der Waals surface area contributed by atoms with Crippen molar-refractivity contribution >= 4 is 22.5 Å². The van der Waals surface area contributed by atoms with Crippen LogP contribution in [-0.4, -0.2) is 24.9 Å². The number of rotatable bonds is 3. The number of benzene rings is 1. The summed E-state index contributed by atoms with van der Waals surface area (Å²) < 4.78 is 0. The highest BCUT2D eigenvalue weighted by Crippen LogP contribution is 2.24. The lowest BCUT2D eigenvalue weighted by Crippen LogP contribution is -1.95. The van der Waals surface area contributed by atoms with Crippen LogP contribution in [-0.2, 0) is 0 Å². The number of nitrogens with one attached hydrogen (secondary N) is 2. The van der Waals surface area contributed by atoms with Crippen LogP contribution in [0.1, 0.15) is 0 Å². The average molecular weight is 288 g/mol. The largest absolute Gasteiger partial charge is 0.346 e. The van der Waals surface area contributed by atoms with E-state index in [2.05, 4.69) is 30.2 Å². The van der Waals surface area contributed by atoms with Gasteiger partial charge >= 0.3 is 0 Å². The van der Waals surface area contributed by atoms with E-state index in [0.29, 0.717) is 0 Å². The van der Waals surface area contributed by atoms with Gasteiger partial charge in [-0.2, -0.15) is 0 Å². The number of fused-ring (bicyclic) bond motifs is 1. The number of anilines is 2. The Balaban J connectivity index is 1.63. The summed E-state index contributed by atoms with van der Waals surface area (Å²) in [5, 5.41) is 4.27. The van der Waals surface area contributed by atoms with Gasteiger partial charge in [0, 0.05) is 29.8 Å². The molecule has 4 rings (SSSR count).